The molecule has 0 radical (unpaired) electrons. The number of ether oxygens (including phenoxy) is 2. The lowest BCUT2D eigenvalue weighted by atomic mass is 10.1. The first kappa shape index (κ1) is 17.5. The lowest BCUT2D eigenvalue weighted by molar-refractivity contribution is 0.174. The molecule has 5 nitrogen and oxygen atoms in total. The quantitative estimate of drug-likeness (QED) is 0.635. The van der Waals surface area contributed by atoms with Gasteiger partial charge in [-0.15, -0.1) is 11.3 Å². The molecule has 0 bridgehead atoms. The second-order valence-electron chi connectivity index (χ2n) is 6.49. The molecule has 138 valence electrons. The standard InChI is InChI=1S/C21H21N3O2S/c1-13-5-6-17(9-14(13)2)18-11-27-21(22-4)24(18)23-15(3)16-7-8-19-20(10-16)26-12-25-19/h5-11H,12H2,1-4H3. The van der Waals surface area contributed by atoms with Gasteiger partial charge in [-0.25, -0.2) is 4.68 Å². The lowest BCUT2D eigenvalue weighted by Crippen LogP contribution is -2.13. The van der Waals surface area contributed by atoms with E-state index in [0.717, 1.165) is 38.8 Å². The van der Waals surface area contributed by atoms with Gasteiger partial charge in [0.2, 0.25) is 11.6 Å². The highest BCUT2D eigenvalue weighted by Crippen LogP contribution is 2.32. The third kappa shape index (κ3) is 3.28. The minimum absolute atomic E-state index is 0.268. The minimum atomic E-state index is 0.268. The van der Waals surface area contributed by atoms with Crippen LogP contribution in [0, 0.1) is 13.8 Å². The zero-order chi connectivity index (χ0) is 19.0. The monoisotopic (exact) mass is 379 g/mol. The fourth-order valence-corrected chi connectivity index (χ4v) is 3.77. The summed E-state index contributed by atoms with van der Waals surface area (Å²) >= 11 is 1.58. The molecule has 0 saturated carbocycles. The highest BCUT2D eigenvalue weighted by atomic mass is 32.1. The molecule has 6 heteroatoms. The molecule has 1 aliphatic heterocycles. The molecular formula is C21H21N3O2S. The third-order valence-electron chi connectivity index (χ3n) is 4.72. The van der Waals surface area contributed by atoms with E-state index in [2.05, 4.69) is 42.4 Å². The van der Waals surface area contributed by atoms with Gasteiger partial charge in [0.1, 0.15) is 0 Å². The first-order valence-corrected chi connectivity index (χ1v) is 9.61. The van der Waals surface area contributed by atoms with Crippen LogP contribution in [0.2, 0.25) is 0 Å². The van der Waals surface area contributed by atoms with E-state index in [9.17, 15) is 0 Å². The Bertz CT molecular complexity index is 1110. The summed E-state index contributed by atoms with van der Waals surface area (Å²) < 4.78 is 12.8. The Morgan fingerprint density at radius 2 is 1.85 bits per heavy atom. The van der Waals surface area contributed by atoms with Crippen LogP contribution in [0.1, 0.15) is 23.6 Å². The summed E-state index contributed by atoms with van der Waals surface area (Å²) in [6, 6.07) is 12.4. The molecule has 0 spiro atoms. The van der Waals surface area contributed by atoms with Crippen LogP contribution in [-0.2, 0) is 0 Å². The van der Waals surface area contributed by atoms with Crippen molar-refractivity contribution in [2.45, 2.75) is 20.8 Å². The van der Waals surface area contributed by atoms with E-state index in [1.165, 1.54) is 11.1 Å². The van der Waals surface area contributed by atoms with Crippen LogP contribution in [0.15, 0.2) is 51.9 Å². The van der Waals surface area contributed by atoms with Crippen molar-refractivity contribution >= 4 is 17.0 Å². The average molecular weight is 379 g/mol. The second kappa shape index (κ2) is 7.04. The van der Waals surface area contributed by atoms with Gasteiger partial charge in [0.15, 0.2) is 11.5 Å². The predicted octanol–water partition coefficient (Wildman–Crippen LogP) is 4.36. The molecule has 0 saturated heterocycles. The summed E-state index contributed by atoms with van der Waals surface area (Å²) in [7, 11) is 1.79. The number of rotatable bonds is 3. The fourth-order valence-electron chi connectivity index (χ4n) is 2.98. The Morgan fingerprint density at radius 3 is 2.63 bits per heavy atom. The molecule has 0 unspecified atom stereocenters. The van der Waals surface area contributed by atoms with E-state index in [4.69, 9.17) is 14.6 Å². The van der Waals surface area contributed by atoms with E-state index in [0.29, 0.717) is 0 Å². The summed E-state index contributed by atoms with van der Waals surface area (Å²) in [5, 5.41) is 6.97. The summed E-state index contributed by atoms with van der Waals surface area (Å²) in [5.74, 6) is 1.53. The maximum atomic E-state index is 5.49. The Morgan fingerprint density at radius 1 is 1.04 bits per heavy atom. The van der Waals surface area contributed by atoms with Crippen LogP contribution < -0.4 is 14.3 Å². The van der Waals surface area contributed by atoms with Gasteiger partial charge in [0.05, 0.1) is 11.4 Å². The summed E-state index contributed by atoms with van der Waals surface area (Å²) in [6.45, 7) is 6.51. The SMILES string of the molecule is CN=c1scc(-c2ccc(C)c(C)c2)n1N=C(C)c1ccc2c(c1)OCO2. The molecule has 0 atom stereocenters. The predicted molar refractivity (Wildman–Crippen MR) is 109 cm³/mol. The first-order valence-electron chi connectivity index (χ1n) is 8.73. The van der Waals surface area contributed by atoms with Crippen LogP contribution in [0.4, 0.5) is 0 Å². The molecule has 2 aromatic carbocycles. The van der Waals surface area contributed by atoms with Crippen molar-refractivity contribution in [3.63, 3.8) is 0 Å². The molecular weight excluding hydrogens is 358 g/mol. The van der Waals surface area contributed by atoms with Gasteiger partial charge in [-0.2, -0.15) is 5.10 Å². The normalized spacial score (nSPS) is 14.1. The molecule has 0 fully saturated rings. The van der Waals surface area contributed by atoms with Crippen molar-refractivity contribution in [2.24, 2.45) is 10.1 Å². The van der Waals surface area contributed by atoms with Crippen molar-refractivity contribution in [1.29, 1.82) is 0 Å². The third-order valence-corrected chi connectivity index (χ3v) is 5.63. The Kier molecular flexibility index (Phi) is 4.58. The van der Waals surface area contributed by atoms with E-state index < -0.39 is 0 Å². The topological polar surface area (TPSA) is 48.1 Å². The van der Waals surface area contributed by atoms with Crippen LogP contribution in [0.3, 0.4) is 0 Å². The smallest absolute Gasteiger partial charge is 0.231 e. The molecule has 1 aromatic heterocycles. The molecule has 0 amide bonds. The molecule has 0 N–H and O–H groups in total. The van der Waals surface area contributed by atoms with E-state index in [1.54, 1.807) is 18.4 Å². The molecule has 2 heterocycles. The van der Waals surface area contributed by atoms with Crippen LogP contribution in [-0.4, -0.2) is 24.2 Å². The van der Waals surface area contributed by atoms with Crippen LogP contribution >= 0.6 is 11.3 Å². The van der Waals surface area contributed by atoms with Gasteiger partial charge in [-0.1, -0.05) is 12.1 Å². The van der Waals surface area contributed by atoms with Crippen LogP contribution in [0.5, 0.6) is 11.5 Å². The van der Waals surface area contributed by atoms with E-state index >= 15 is 0 Å². The molecule has 1 aliphatic rings. The van der Waals surface area contributed by atoms with E-state index in [1.807, 2.05) is 29.8 Å². The van der Waals surface area contributed by atoms with Crippen molar-refractivity contribution in [3.8, 4) is 22.8 Å². The molecule has 4 rings (SSSR count). The number of hydrogen-bond acceptors (Lipinski definition) is 5. The summed E-state index contributed by atoms with van der Waals surface area (Å²) in [6.07, 6.45) is 0. The van der Waals surface area contributed by atoms with Crippen molar-refractivity contribution in [2.75, 3.05) is 13.8 Å². The first-order chi connectivity index (χ1) is 13.1. The second-order valence-corrected chi connectivity index (χ2v) is 7.33. The number of nitrogens with zero attached hydrogens (tertiary/aromatic N) is 3. The Balaban J connectivity index is 1.80. The highest BCUT2D eigenvalue weighted by Gasteiger charge is 2.15. The maximum absolute atomic E-state index is 5.49. The van der Waals surface area contributed by atoms with Gasteiger partial charge in [0, 0.05) is 23.6 Å². The van der Waals surface area contributed by atoms with Gasteiger partial charge in [0.25, 0.3) is 0 Å². The summed E-state index contributed by atoms with van der Waals surface area (Å²) in [4.78, 5) is 5.24. The molecule has 3 aromatic rings. The van der Waals surface area contributed by atoms with Crippen molar-refractivity contribution in [1.82, 2.24) is 4.68 Å². The van der Waals surface area contributed by atoms with Gasteiger partial charge in [-0.05, 0) is 56.2 Å². The number of aromatic nitrogens is 1. The number of fused-ring (bicyclic) bond motifs is 1. The van der Waals surface area contributed by atoms with Crippen LogP contribution in [0.25, 0.3) is 11.3 Å². The largest absolute Gasteiger partial charge is 0.454 e. The average Bonchev–Trinajstić information content (AvgIpc) is 3.29. The van der Waals surface area contributed by atoms with Gasteiger partial charge < -0.3 is 9.47 Å². The zero-order valence-corrected chi connectivity index (χ0v) is 16.6. The summed E-state index contributed by atoms with van der Waals surface area (Å²) in [5.41, 5.74) is 6.57. The molecule has 0 aliphatic carbocycles. The molecule has 27 heavy (non-hydrogen) atoms. The number of benzene rings is 2. The lowest BCUT2D eigenvalue weighted by Gasteiger charge is -2.08. The maximum Gasteiger partial charge on any atom is 0.231 e. The fraction of sp³-hybridized carbons (Fsp3) is 0.238. The Labute approximate surface area is 162 Å². The van der Waals surface area contributed by atoms with E-state index in [-0.39, 0.29) is 6.79 Å². The zero-order valence-electron chi connectivity index (χ0n) is 15.8. The Hall–Kier alpha value is -2.86. The number of thiazole rings is 1. The van der Waals surface area contributed by atoms with Gasteiger partial charge >= 0.3 is 0 Å². The number of hydrogen-bond donors (Lipinski definition) is 0. The highest BCUT2D eigenvalue weighted by molar-refractivity contribution is 7.07. The number of aryl methyl sites for hydroxylation is 2. The van der Waals surface area contributed by atoms with Crippen molar-refractivity contribution < 1.29 is 9.47 Å². The van der Waals surface area contributed by atoms with Crippen molar-refractivity contribution in [3.05, 3.63) is 63.3 Å². The van der Waals surface area contributed by atoms with Gasteiger partial charge in [-0.3, -0.25) is 4.99 Å². The minimum Gasteiger partial charge on any atom is -0.454 e.